The lowest BCUT2D eigenvalue weighted by molar-refractivity contribution is 0.153. The van der Waals surface area contributed by atoms with E-state index < -0.39 is 0 Å². The lowest BCUT2D eigenvalue weighted by Crippen LogP contribution is -2.31. The second-order valence-electron chi connectivity index (χ2n) is 4.05. The number of hydrogen-bond donors (Lipinski definition) is 1. The number of aliphatic hydroxyl groups excluding tert-OH is 1. The molecule has 1 atom stereocenters. The van der Waals surface area contributed by atoms with Crippen LogP contribution in [0.3, 0.4) is 0 Å². The molecule has 2 rings (SSSR count). The minimum Gasteiger partial charge on any atom is -0.395 e. The molecule has 1 aliphatic rings. The third-order valence-corrected chi connectivity index (χ3v) is 3.54. The van der Waals surface area contributed by atoms with Gasteiger partial charge in [0.2, 0.25) is 0 Å². The average molecular weight is 261 g/mol. The number of halogens is 2. The van der Waals surface area contributed by atoms with Crippen molar-refractivity contribution in [3.05, 3.63) is 28.0 Å². The fraction of sp³-hybridized carbons (Fsp3) is 0.545. The number of rotatable bonds is 3. The highest BCUT2D eigenvalue weighted by Crippen LogP contribution is 2.24. The van der Waals surface area contributed by atoms with Crippen molar-refractivity contribution in [3.8, 4) is 0 Å². The molecule has 0 radical (unpaired) electrons. The van der Waals surface area contributed by atoms with Crippen LogP contribution in [0, 0.1) is 0 Å². The molecule has 5 heteroatoms. The summed E-state index contributed by atoms with van der Waals surface area (Å²) < 4.78 is 0. The van der Waals surface area contributed by atoms with E-state index in [-0.39, 0.29) is 12.6 Å². The van der Waals surface area contributed by atoms with Crippen molar-refractivity contribution in [2.75, 3.05) is 13.2 Å². The zero-order valence-corrected chi connectivity index (χ0v) is 10.4. The smallest absolute Gasteiger partial charge is 0.130 e. The van der Waals surface area contributed by atoms with Crippen molar-refractivity contribution in [2.45, 2.75) is 25.4 Å². The van der Waals surface area contributed by atoms with Gasteiger partial charge in [0, 0.05) is 29.4 Å². The van der Waals surface area contributed by atoms with Gasteiger partial charge in [-0.15, -0.1) is 0 Å². The maximum Gasteiger partial charge on any atom is 0.130 e. The number of aliphatic hydroxyl groups is 1. The maximum atomic E-state index is 9.22. The van der Waals surface area contributed by atoms with Crippen LogP contribution in [0.2, 0.25) is 10.2 Å². The largest absolute Gasteiger partial charge is 0.395 e. The molecule has 0 spiro atoms. The van der Waals surface area contributed by atoms with Crippen LogP contribution in [0.4, 0.5) is 0 Å². The van der Waals surface area contributed by atoms with Gasteiger partial charge < -0.3 is 5.11 Å². The fourth-order valence-electron chi connectivity index (χ4n) is 2.08. The van der Waals surface area contributed by atoms with Crippen LogP contribution in [-0.4, -0.2) is 34.2 Å². The third kappa shape index (κ3) is 2.66. The SMILES string of the molecule is OC[C@@H]1CCCN1Cc1cnc(Cl)cc1Cl. The molecule has 0 aliphatic carbocycles. The second kappa shape index (κ2) is 5.32. The summed E-state index contributed by atoms with van der Waals surface area (Å²) in [4.78, 5) is 6.26. The van der Waals surface area contributed by atoms with Gasteiger partial charge in [0.15, 0.2) is 0 Å². The highest BCUT2D eigenvalue weighted by atomic mass is 35.5. The van der Waals surface area contributed by atoms with Crippen LogP contribution in [0.1, 0.15) is 18.4 Å². The van der Waals surface area contributed by atoms with Crippen molar-refractivity contribution in [3.63, 3.8) is 0 Å². The summed E-state index contributed by atoms with van der Waals surface area (Å²) in [6, 6.07) is 1.91. The van der Waals surface area contributed by atoms with E-state index in [0.29, 0.717) is 10.2 Å². The molecular formula is C11H14Cl2N2O. The third-order valence-electron chi connectivity index (χ3n) is 2.98. The lowest BCUT2D eigenvalue weighted by atomic mass is 10.2. The van der Waals surface area contributed by atoms with E-state index in [0.717, 1.165) is 31.5 Å². The van der Waals surface area contributed by atoms with E-state index in [1.54, 1.807) is 12.3 Å². The van der Waals surface area contributed by atoms with Crippen LogP contribution in [0.5, 0.6) is 0 Å². The zero-order valence-electron chi connectivity index (χ0n) is 8.87. The molecule has 0 bridgehead atoms. The standard InChI is InChI=1S/C11H14Cl2N2O/c12-10-4-11(13)14-5-8(10)6-15-3-1-2-9(15)7-16/h4-5,9,16H,1-3,6-7H2/t9-/m0/s1. The number of hydrogen-bond acceptors (Lipinski definition) is 3. The van der Waals surface area contributed by atoms with E-state index in [1.165, 1.54) is 0 Å². The highest BCUT2D eigenvalue weighted by molar-refractivity contribution is 6.34. The van der Waals surface area contributed by atoms with Gasteiger partial charge >= 0.3 is 0 Å². The summed E-state index contributed by atoms with van der Waals surface area (Å²) in [5.74, 6) is 0. The van der Waals surface area contributed by atoms with Crippen LogP contribution in [0.15, 0.2) is 12.3 Å². The molecule has 3 nitrogen and oxygen atoms in total. The van der Waals surface area contributed by atoms with Gasteiger partial charge in [-0.2, -0.15) is 0 Å². The molecule has 1 aromatic rings. The van der Waals surface area contributed by atoms with Gasteiger partial charge in [0.1, 0.15) is 5.15 Å². The molecule has 0 saturated carbocycles. The van der Waals surface area contributed by atoms with Crippen LogP contribution in [0.25, 0.3) is 0 Å². The first-order valence-electron chi connectivity index (χ1n) is 5.35. The van der Waals surface area contributed by atoms with E-state index in [4.69, 9.17) is 23.2 Å². The molecule has 1 aliphatic heterocycles. The van der Waals surface area contributed by atoms with E-state index >= 15 is 0 Å². The predicted molar refractivity (Wildman–Crippen MR) is 64.8 cm³/mol. The first kappa shape index (κ1) is 12.1. The summed E-state index contributed by atoms with van der Waals surface area (Å²) in [7, 11) is 0. The van der Waals surface area contributed by atoms with Crippen molar-refractivity contribution in [2.24, 2.45) is 0 Å². The van der Waals surface area contributed by atoms with E-state index in [1.807, 2.05) is 0 Å². The molecule has 1 N–H and O–H groups in total. The van der Waals surface area contributed by atoms with E-state index in [9.17, 15) is 5.11 Å². The highest BCUT2D eigenvalue weighted by Gasteiger charge is 2.24. The van der Waals surface area contributed by atoms with Gasteiger partial charge in [0.25, 0.3) is 0 Å². The molecule has 88 valence electrons. The first-order chi connectivity index (χ1) is 7.70. The average Bonchev–Trinajstić information content (AvgIpc) is 2.69. The quantitative estimate of drug-likeness (QED) is 0.848. The van der Waals surface area contributed by atoms with Crippen LogP contribution in [-0.2, 0) is 6.54 Å². The Morgan fingerprint density at radius 3 is 3.00 bits per heavy atom. The summed E-state index contributed by atoms with van der Waals surface area (Å²) in [5, 5.41) is 10.3. The molecule has 1 aromatic heterocycles. The Bertz CT molecular complexity index is 373. The maximum absolute atomic E-state index is 9.22. The number of likely N-dealkylation sites (tertiary alicyclic amines) is 1. The molecule has 2 heterocycles. The van der Waals surface area contributed by atoms with Gasteiger partial charge in [-0.3, -0.25) is 4.90 Å². The molecule has 0 amide bonds. The fourth-order valence-corrected chi connectivity index (χ4v) is 2.51. The van der Waals surface area contributed by atoms with E-state index in [2.05, 4.69) is 9.88 Å². The molecular weight excluding hydrogens is 247 g/mol. The Kier molecular flexibility index (Phi) is 4.03. The van der Waals surface area contributed by atoms with Crippen LogP contribution >= 0.6 is 23.2 Å². The van der Waals surface area contributed by atoms with Crippen molar-refractivity contribution < 1.29 is 5.11 Å². The van der Waals surface area contributed by atoms with Crippen LogP contribution < -0.4 is 0 Å². The number of pyridine rings is 1. The Morgan fingerprint density at radius 1 is 1.50 bits per heavy atom. The topological polar surface area (TPSA) is 36.4 Å². The van der Waals surface area contributed by atoms with Crippen molar-refractivity contribution in [1.82, 2.24) is 9.88 Å². The Labute approximate surface area is 105 Å². The summed E-state index contributed by atoms with van der Waals surface area (Å²) in [6.07, 6.45) is 3.89. The number of nitrogens with zero attached hydrogens (tertiary/aromatic N) is 2. The normalized spacial score (nSPS) is 21.6. The summed E-state index contributed by atoms with van der Waals surface area (Å²) in [6.45, 7) is 1.94. The van der Waals surface area contributed by atoms with Gasteiger partial charge in [0.05, 0.1) is 6.61 Å². The Hall–Kier alpha value is -0.350. The lowest BCUT2D eigenvalue weighted by Gasteiger charge is -2.22. The Morgan fingerprint density at radius 2 is 2.31 bits per heavy atom. The molecule has 16 heavy (non-hydrogen) atoms. The Balaban J connectivity index is 2.08. The van der Waals surface area contributed by atoms with Gasteiger partial charge in [-0.25, -0.2) is 4.98 Å². The minimum atomic E-state index is 0.207. The van der Waals surface area contributed by atoms with Gasteiger partial charge in [-0.05, 0) is 25.5 Å². The van der Waals surface area contributed by atoms with Crippen molar-refractivity contribution >= 4 is 23.2 Å². The molecule has 1 fully saturated rings. The molecule has 1 saturated heterocycles. The summed E-state index contributed by atoms with van der Waals surface area (Å²) in [5.41, 5.74) is 0.964. The van der Waals surface area contributed by atoms with Crippen molar-refractivity contribution in [1.29, 1.82) is 0 Å². The molecule has 0 unspecified atom stereocenters. The zero-order chi connectivity index (χ0) is 11.5. The first-order valence-corrected chi connectivity index (χ1v) is 6.11. The van der Waals surface area contributed by atoms with Gasteiger partial charge in [-0.1, -0.05) is 23.2 Å². The predicted octanol–water partition coefficient (Wildman–Crippen LogP) is 2.35. The summed E-state index contributed by atoms with van der Waals surface area (Å²) >= 11 is 11.8. The monoisotopic (exact) mass is 260 g/mol. The second-order valence-corrected chi connectivity index (χ2v) is 4.84. The number of aromatic nitrogens is 1. The minimum absolute atomic E-state index is 0.207. The molecule has 0 aromatic carbocycles.